The van der Waals surface area contributed by atoms with Crippen LogP contribution in [0.2, 0.25) is 0 Å². The number of nitrogens with zero attached hydrogens (tertiary/aromatic N) is 2. The van der Waals surface area contributed by atoms with Gasteiger partial charge in [-0.15, -0.1) is 11.3 Å². The summed E-state index contributed by atoms with van der Waals surface area (Å²) in [6, 6.07) is 5.63. The minimum atomic E-state index is 0.452. The fourth-order valence-electron chi connectivity index (χ4n) is 2.07. The van der Waals surface area contributed by atoms with Gasteiger partial charge in [0.2, 0.25) is 0 Å². The molecule has 0 amide bonds. The van der Waals surface area contributed by atoms with E-state index in [2.05, 4.69) is 39.8 Å². The second-order valence-electron chi connectivity index (χ2n) is 5.45. The van der Waals surface area contributed by atoms with Crippen LogP contribution < -0.4 is 20.1 Å². The molecule has 7 heteroatoms. The molecule has 2 rings (SSSR count). The second-order valence-corrected chi connectivity index (χ2v) is 6.34. The molecule has 130 valence electrons. The van der Waals surface area contributed by atoms with Crippen LogP contribution in [-0.4, -0.2) is 32.2 Å². The van der Waals surface area contributed by atoms with Crippen molar-refractivity contribution in [2.75, 3.05) is 26.6 Å². The number of rotatable bonds is 6. The lowest BCUT2D eigenvalue weighted by molar-refractivity contribution is 0.355. The van der Waals surface area contributed by atoms with Gasteiger partial charge < -0.3 is 20.1 Å². The van der Waals surface area contributed by atoms with Gasteiger partial charge in [0, 0.05) is 30.1 Å². The highest BCUT2D eigenvalue weighted by Crippen LogP contribution is 2.29. The third-order valence-electron chi connectivity index (χ3n) is 3.37. The van der Waals surface area contributed by atoms with E-state index in [1.165, 1.54) is 0 Å². The van der Waals surface area contributed by atoms with E-state index in [0.717, 1.165) is 16.4 Å². The van der Waals surface area contributed by atoms with Gasteiger partial charge in [-0.25, -0.2) is 4.98 Å². The van der Waals surface area contributed by atoms with Crippen LogP contribution in [0.1, 0.15) is 30.5 Å². The number of hydrogen-bond donors (Lipinski definition) is 2. The zero-order valence-electron chi connectivity index (χ0n) is 14.7. The number of nitrogens with one attached hydrogen (secondary N) is 2. The van der Waals surface area contributed by atoms with Crippen molar-refractivity contribution in [3.63, 3.8) is 0 Å². The third kappa shape index (κ3) is 4.61. The summed E-state index contributed by atoms with van der Waals surface area (Å²) in [5.74, 6) is 2.47. The molecule has 0 spiro atoms. The Balaban J connectivity index is 1.99. The lowest BCUT2D eigenvalue weighted by Crippen LogP contribution is -2.30. The summed E-state index contributed by atoms with van der Waals surface area (Å²) in [4.78, 5) is 8.85. The van der Waals surface area contributed by atoms with E-state index in [4.69, 9.17) is 9.47 Å². The first-order valence-electron chi connectivity index (χ1n) is 7.71. The summed E-state index contributed by atoms with van der Waals surface area (Å²) in [6.07, 6.45) is 0. The summed E-state index contributed by atoms with van der Waals surface area (Å²) in [7, 11) is 4.96. The molecule has 0 radical (unpaired) electrons. The zero-order valence-corrected chi connectivity index (χ0v) is 15.5. The first-order chi connectivity index (χ1) is 11.6. The molecule has 0 unspecified atom stereocenters. The number of methoxy groups -OCH3 is 2. The fourth-order valence-corrected chi connectivity index (χ4v) is 2.91. The van der Waals surface area contributed by atoms with Crippen LogP contribution in [0.15, 0.2) is 28.6 Å². The van der Waals surface area contributed by atoms with Gasteiger partial charge in [-0.05, 0) is 12.1 Å². The van der Waals surface area contributed by atoms with Crippen molar-refractivity contribution in [1.82, 2.24) is 10.3 Å². The standard InChI is InChI=1S/C17H24N4O2S/c1-11(2)16-20-13(10-24-16)9-19-17(18-3)21-12-6-7-14(22-4)15(8-12)23-5/h6-8,10-11H,9H2,1-5H3,(H2,18,19,21). The van der Waals surface area contributed by atoms with Crippen molar-refractivity contribution in [2.24, 2.45) is 4.99 Å². The number of hydrogen-bond acceptors (Lipinski definition) is 5. The van der Waals surface area contributed by atoms with Crippen LogP contribution in [0, 0.1) is 0 Å². The highest BCUT2D eigenvalue weighted by atomic mass is 32.1. The average Bonchev–Trinajstić information content (AvgIpc) is 3.07. The molecule has 0 aliphatic heterocycles. The van der Waals surface area contributed by atoms with E-state index in [1.54, 1.807) is 32.6 Å². The molecule has 0 saturated heterocycles. The quantitative estimate of drug-likeness (QED) is 0.618. The van der Waals surface area contributed by atoms with Gasteiger partial charge in [-0.3, -0.25) is 4.99 Å². The molecular weight excluding hydrogens is 324 g/mol. The van der Waals surface area contributed by atoms with Gasteiger partial charge in [0.25, 0.3) is 0 Å². The van der Waals surface area contributed by atoms with Gasteiger partial charge in [0.15, 0.2) is 17.5 Å². The van der Waals surface area contributed by atoms with Gasteiger partial charge in [0.1, 0.15) is 0 Å². The van der Waals surface area contributed by atoms with Crippen molar-refractivity contribution < 1.29 is 9.47 Å². The van der Waals surface area contributed by atoms with E-state index in [1.807, 2.05) is 18.2 Å². The maximum Gasteiger partial charge on any atom is 0.195 e. The first-order valence-corrected chi connectivity index (χ1v) is 8.59. The van der Waals surface area contributed by atoms with Gasteiger partial charge >= 0.3 is 0 Å². The molecule has 0 fully saturated rings. The van der Waals surface area contributed by atoms with E-state index in [0.29, 0.717) is 29.9 Å². The Morgan fingerprint density at radius 1 is 1.25 bits per heavy atom. The number of ether oxygens (including phenoxy) is 2. The van der Waals surface area contributed by atoms with Gasteiger partial charge in [-0.1, -0.05) is 13.8 Å². The minimum Gasteiger partial charge on any atom is -0.493 e. The van der Waals surface area contributed by atoms with E-state index >= 15 is 0 Å². The number of guanidine groups is 1. The molecule has 0 aliphatic rings. The van der Waals surface area contributed by atoms with Crippen LogP contribution >= 0.6 is 11.3 Å². The molecule has 1 aromatic carbocycles. The number of anilines is 1. The fraction of sp³-hybridized carbons (Fsp3) is 0.412. The Hall–Kier alpha value is -2.28. The smallest absolute Gasteiger partial charge is 0.195 e. The van der Waals surface area contributed by atoms with E-state index in [9.17, 15) is 0 Å². The molecule has 2 N–H and O–H groups in total. The Kier molecular flexibility index (Phi) is 6.43. The van der Waals surface area contributed by atoms with Crippen LogP contribution in [0.5, 0.6) is 11.5 Å². The summed E-state index contributed by atoms with van der Waals surface area (Å²) in [5, 5.41) is 9.72. The molecule has 0 bridgehead atoms. The SMILES string of the molecule is CN=C(NCc1csc(C(C)C)n1)Nc1ccc(OC)c(OC)c1. The predicted octanol–water partition coefficient (Wildman–Crippen LogP) is 3.47. The van der Waals surface area contributed by atoms with E-state index < -0.39 is 0 Å². The lowest BCUT2D eigenvalue weighted by atomic mass is 10.2. The van der Waals surface area contributed by atoms with Gasteiger partial charge in [0.05, 0.1) is 31.5 Å². The Morgan fingerprint density at radius 3 is 2.58 bits per heavy atom. The average molecular weight is 348 g/mol. The molecular formula is C17H24N4O2S. The van der Waals surface area contributed by atoms with Crippen LogP contribution in [0.25, 0.3) is 0 Å². The van der Waals surface area contributed by atoms with Crippen LogP contribution in [0.4, 0.5) is 5.69 Å². The lowest BCUT2D eigenvalue weighted by Gasteiger charge is -2.13. The van der Waals surface area contributed by atoms with Gasteiger partial charge in [-0.2, -0.15) is 0 Å². The number of thiazole rings is 1. The number of benzene rings is 1. The summed E-state index contributed by atoms with van der Waals surface area (Å²) < 4.78 is 10.6. The van der Waals surface area contributed by atoms with Crippen LogP contribution in [0.3, 0.4) is 0 Å². The molecule has 24 heavy (non-hydrogen) atoms. The molecule has 0 saturated carbocycles. The largest absolute Gasteiger partial charge is 0.493 e. The minimum absolute atomic E-state index is 0.452. The highest BCUT2D eigenvalue weighted by molar-refractivity contribution is 7.09. The number of aliphatic imine (C=N–C) groups is 1. The van der Waals surface area contributed by atoms with Crippen molar-refractivity contribution in [3.05, 3.63) is 34.3 Å². The Bertz CT molecular complexity index is 698. The first kappa shape index (κ1) is 18.1. The van der Waals surface area contributed by atoms with Crippen molar-refractivity contribution in [1.29, 1.82) is 0 Å². The molecule has 1 heterocycles. The highest BCUT2D eigenvalue weighted by Gasteiger charge is 2.08. The monoisotopic (exact) mass is 348 g/mol. The molecule has 1 aromatic heterocycles. The third-order valence-corrected chi connectivity index (χ3v) is 4.56. The summed E-state index contributed by atoms with van der Waals surface area (Å²) in [5.41, 5.74) is 1.88. The normalized spacial score (nSPS) is 11.5. The maximum absolute atomic E-state index is 5.31. The Morgan fingerprint density at radius 2 is 2.00 bits per heavy atom. The second kappa shape index (κ2) is 8.54. The number of aromatic nitrogens is 1. The summed E-state index contributed by atoms with van der Waals surface area (Å²) in [6.45, 7) is 4.91. The summed E-state index contributed by atoms with van der Waals surface area (Å²) >= 11 is 1.69. The molecule has 6 nitrogen and oxygen atoms in total. The zero-order chi connectivity index (χ0) is 17.5. The maximum atomic E-state index is 5.31. The van der Waals surface area contributed by atoms with E-state index in [-0.39, 0.29) is 0 Å². The molecule has 2 aromatic rings. The molecule has 0 aliphatic carbocycles. The van der Waals surface area contributed by atoms with Crippen LogP contribution in [-0.2, 0) is 6.54 Å². The molecule has 0 atom stereocenters. The predicted molar refractivity (Wildman–Crippen MR) is 99.6 cm³/mol. The van der Waals surface area contributed by atoms with Crippen molar-refractivity contribution >= 4 is 23.0 Å². The van der Waals surface area contributed by atoms with Crippen molar-refractivity contribution in [2.45, 2.75) is 26.3 Å². The Labute approximate surface area is 146 Å². The topological polar surface area (TPSA) is 67.8 Å². The van der Waals surface area contributed by atoms with Crippen molar-refractivity contribution in [3.8, 4) is 11.5 Å².